The second kappa shape index (κ2) is 4.33. The fourth-order valence-electron chi connectivity index (χ4n) is 1.35. The number of nitrogens with zero attached hydrogens (tertiary/aromatic N) is 1. The maximum atomic E-state index is 12.5. The molecule has 14 heavy (non-hydrogen) atoms. The molecule has 0 atom stereocenters. The van der Waals surface area contributed by atoms with E-state index >= 15 is 0 Å². The Morgan fingerprint density at radius 1 is 1.21 bits per heavy atom. The zero-order chi connectivity index (χ0) is 9.80. The minimum absolute atomic E-state index is 0.393. The SMILES string of the molecule is FCc1csc[n+]1Cc1ccccc1. The highest BCUT2D eigenvalue weighted by Gasteiger charge is 2.11. The van der Waals surface area contributed by atoms with E-state index < -0.39 is 6.67 Å². The van der Waals surface area contributed by atoms with Gasteiger partial charge in [0.1, 0.15) is 0 Å². The molecule has 0 fully saturated rings. The Morgan fingerprint density at radius 2 is 2.00 bits per heavy atom. The molecular formula is C11H11FNS+. The van der Waals surface area contributed by atoms with Crippen LogP contribution in [0.4, 0.5) is 4.39 Å². The van der Waals surface area contributed by atoms with Gasteiger partial charge in [0, 0.05) is 5.56 Å². The lowest BCUT2D eigenvalue weighted by atomic mass is 10.2. The first-order valence-electron chi connectivity index (χ1n) is 4.44. The summed E-state index contributed by atoms with van der Waals surface area (Å²) in [5, 5.41) is 1.85. The molecule has 2 rings (SSSR count). The van der Waals surface area contributed by atoms with Crippen LogP contribution in [0.2, 0.25) is 0 Å². The third-order valence-electron chi connectivity index (χ3n) is 2.09. The van der Waals surface area contributed by atoms with E-state index in [0.717, 1.165) is 12.2 Å². The van der Waals surface area contributed by atoms with Crippen molar-refractivity contribution in [2.75, 3.05) is 0 Å². The van der Waals surface area contributed by atoms with Crippen molar-refractivity contribution in [2.24, 2.45) is 0 Å². The molecule has 0 aliphatic rings. The number of benzene rings is 1. The van der Waals surface area contributed by atoms with E-state index in [1.54, 1.807) is 0 Å². The molecule has 0 unspecified atom stereocenters. The second-order valence-electron chi connectivity index (χ2n) is 3.10. The predicted molar refractivity (Wildman–Crippen MR) is 54.9 cm³/mol. The molecule has 0 aliphatic heterocycles. The molecule has 1 aromatic carbocycles. The van der Waals surface area contributed by atoms with Crippen molar-refractivity contribution < 1.29 is 8.96 Å². The van der Waals surface area contributed by atoms with Gasteiger partial charge < -0.3 is 0 Å². The molecular weight excluding hydrogens is 197 g/mol. The van der Waals surface area contributed by atoms with Crippen LogP contribution < -0.4 is 4.57 Å². The Kier molecular flexibility index (Phi) is 2.89. The first-order chi connectivity index (χ1) is 6.90. The molecule has 0 aliphatic carbocycles. The molecule has 0 amide bonds. The van der Waals surface area contributed by atoms with E-state index in [-0.39, 0.29) is 0 Å². The predicted octanol–water partition coefficient (Wildman–Crippen LogP) is 2.55. The van der Waals surface area contributed by atoms with Crippen molar-refractivity contribution in [1.82, 2.24) is 0 Å². The van der Waals surface area contributed by atoms with Gasteiger partial charge >= 0.3 is 0 Å². The molecule has 0 bridgehead atoms. The quantitative estimate of drug-likeness (QED) is 0.682. The summed E-state index contributed by atoms with van der Waals surface area (Å²) in [7, 11) is 0. The van der Waals surface area contributed by atoms with Gasteiger partial charge in [0.2, 0.25) is 11.2 Å². The Bertz CT molecular complexity index is 397. The number of hydrogen-bond donors (Lipinski definition) is 0. The molecule has 0 spiro atoms. The lowest BCUT2D eigenvalue weighted by molar-refractivity contribution is -0.692. The summed E-state index contributed by atoms with van der Waals surface area (Å²) >= 11 is 1.53. The number of rotatable bonds is 3. The fraction of sp³-hybridized carbons (Fsp3) is 0.182. The standard InChI is InChI=1S/C11H11FNS/c12-6-11-8-14-9-13(11)7-10-4-2-1-3-5-10/h1-5,8-9H,6-7H2/q+1. The number of halogens is 1. The first kappa shape index (κ1) is 9.34. The summed E-state index contributed by atoms with van der Waals surface area (Å²) in [4.78, 5) is 0. The van der Waals surface area contributed by atoms with E-state index in [2.05, 4.69) is 0 Å². The van der Waals surface area contributed by atoms with Crippen LogP contribution in [0.1, 0.15) is 11.3 Å². The van der Waals surface area contributed by atoms with Gasteiger partial charge in [-0.25, -0.2) is 4.39 Å². The molecule has 0 saturated heterocycles. The van der Waals surface area contributed by atoms with E-state index in [9.17, 15) is 4.39 Å². The summed E-state index contributed by atoms with van der Waals surface area (Å²) in [5.41, 5.74) is 3.89. The van der Waals surface area contributed by atoms with Gasteiger partial charge in [-0.05, 0) is 0 Å². The van der Waals surface area contributed by atoms with Gasteiger partial charge in [0.25, 0.3) is 0 Å². The van der Waals surface area contributed by atoms with Crippen molar-refractivity contribution in [3.8, 4) is 0 Å². The van der Waals surface area contributed by atoms with Gasteiger partial charge in [-0.2, -0.15) is 4.57 Å². The topological polar surface area (TPSA) is 3.88 Å². The highest BCUT2D eigenvalue weighted by Crippen LogP contribution is 2.04. The molecule has 0 saturated carbocycles. The third kappa shape index (κ3) is 1.99. The van der Waals surface area contributed by atoms with E-state index in [4.69, 9.17) is 0 Å². The average Bonchev–Trinajstić information content (AvgIpc) is 2.67. The van der Waals surface area contributed by atoms with E-state index in [1.165, 1.54) is 16.9 Å². The van der Waals surface area contributed by atoms with E-state index in [0.29, 0.717) is 0 Å². The van der Waals surface area contributed by atoms with Crippen LogP contribution in [0.15, 0.2) is 41.2 Å². The Balaban J connectivity index is 2.19. The third-order valence-corrected chi connectivity index (χ3v) is 2.88. The Hall–Kier alpha value is -1.22. The smallest absolute Gasteiger partial charge is 0.225 e. The number of aromatic nitrogens is 1. The Labute approximate surface area is 86.5 Å². The molecule has 1 nitrogen and oxygen atoms in total. The summed E-state index contributed by atoms with van der Waals surface area (Å²) < 4.78 is 14.5. The van der Waals surface area contributed by atoms with Crippen LogP contribution >= 0.6 is 11.3 Å². The Morgan fingerprint density at radius 3 is 2.71 bits per heavy atom. The van der Waals surface area contributed by atoms with Crippen LogP contribution in [-0.2, 0) is 13.2 Å². The van der Waals surface area contributed by atoms with Crippen LogP contribution in [0.25, 0.3) is 0 Å². The van der Waals surface area contributed by atoms with Crippen molar-refractivity contribution in [3.63, 3.8) is 0 Å². The van der Waals surface area contributed by atoms with Crippen LogP contribution in [0, 0.1) is 0 Å². The summed E-state index contributed by atoms with van der Waals surface area (Å²) in [5.74, 6) is 0. The first-order valence-corrected chi connectivity index (χ1v) is 5.39. The van der Waals surface area contributed by atoms with Gasteiger partial charge in [0.05, 0.1) is 5.38 Å². The fourth-order valence-corrected chi connectivity index (χ4v) is 2.12. The highest BCUT2D eigenvalue weighted by atomic mass is 32.1. The highest BCUT2D eigenvalue weighted by molar-refractivity contribution is 7.07. The summed E-state index contributed by atoms with van der Waals surface area (Å²) in [6, 6.07) is 10.1. The van der Waals surface area contributed by atoms with Crippen LogP contribution in [-0.4, -0.2) is 0 Å². The largest absolute Gasteiger partial charge is 0.239 e. The molecule has 2 aromatic rings. The molecule has 72 valence electrons. The second-order valence-corrected chi connectivity index (χ2v) is 3.82. The molecule has 0 N–H and O–H groups in total. The molecule has 0 radical (unpaired) electrons. The zero-order valence-corrected chi connectivity index (χ0v) is 8.51. The lowest BCUT2D eigenvalue weighted by Crippen LogP contribution is -2.35. The minimum Gasteiger partial charge on any atom is -0.239 e. The normalized spacial score (nSPS) is 10.4. The monoisotopic (exact) mass is 208 g/mol. The van der Waals surface area contributed by atoms with E-state index in [1.807, 2.05) is 45.8 Å². The summed E-state index contributed by atoms with van der Waals surface area (Å²) in [6.45, 7) is 0.361. The molecule has 1 aromatic heterocycles. The van der Waals surface area contributed by atoms with Crippen molar-refractivity contribution in [1.29, 1.82) is 0 Å². The van der Waals surface area contributed by atoms with Crippen molar-refractivity contribution >= 4 is 11.3 Å². The van der Waals surface area contributed by atoms with Crippen LogP contribution in [0.3, 0.4) is 0 Å². The van der Waals surface area contributed by atoms with Gasteiger partial charge in [0.15, 0.2) is 13.2 Å². The van der Waals surface area contributed by atoms with Gasteiger partial charge in [-0.3, -0.25) is 0 Å². The number of thiazole rings is 1. The maximum Gasteiger partial charge on any atom is 0.225 e. The van der Waals surface area contributed by atoms with Gasteiger partial charge in [-0.15, -0.1) is 0 Å². The zero-order valence-electron chi connectivity index (χ0n) is 7.69. The average molecular weight is 208 g/mol. The minimum atomic E-state index is -0.393. The number of alkyl halides is 1. The number of hydrogen-bond acceptors (Lipinski definition) is 1. The van der Waals surface area contributed by atoms with Crippen molar-refractivity contribution in [3.05, 3.63) is 52.5 Å². The maximum absolute atomic E-state index is 12.5. The molecule has 3 heteroatoms. The van der Waals surface area contributed by atoms with Crippen LogP contribution in [0.5, 0.6) is 0 Å². The lowest BCUT2D eigenvalue weighted by Gasteiger charge is -1.95. The van der Waals surface area contributed by atoms with Gasteiger partial charge in [-0.1, -0.05) is 41.7 Å². The summed E-state index contributed by atoms with van der Waals surface area (Å²) in [6.07, 6.45) is 0. The molecule has 1 heterocycles. The van der Waals surface area contributed by atoms with Crippen molar-refractivity contribution in [2.45, 2.75) is 13.2 Å².